The van der Waals surface area contributed by atoms with Gasteiger partial charge in [0.25, 0.3) is 5.91 Å². The van der Waals surface area contributed by atoms with Crippen LogP contribution in [0.15, 0.2) is 53.4 Å². The number of nitrogens with zero attached hydrogens (tertiary/aromatic N) is 1. The number of rotatable bonds is 9. The lowest BCUT2D eigenvalue weighted by atomic mass is 9.98. The number of nitrogens with one attached hydrogen (secondary N) is 1. The number of ether oxygens (including phenoxy) is 1. The van der Waals surface area contributed by atoms with Crippen LogP contribution in [-0.2, 0) is 15.8 Å². The van der Waals surface area contributed by atoms with E-state index < -0.39 is 10.0 Å². The quantitative estimate of drug-likeness (QED) is 0.574. The standard InChI is InChI=1S/C23H30N2O4S2/c1-18-10-13-25(14-11-18)23(26)21-16-20(8-9-22(21)29-2)31(27,28)24-12-15-30-17-19-6-4-3-5-7-19/h3-9,16,18,24H,10-15,17H2,1-2H3. The Kier molecular flexibility index (Phi) is 8.40. The molecule has 1 heterocycles. The van der Waals surface area contributed by atoms with Gasteiger partial charge in [0.1, 0.15) is 5.75 Å². The van der Waals surface area contributed by atoms with Gasteiger partial charge in [-0.3, -0.25) is 4.79 Å². The van der Waals surface area contributed by atoms with Crippen molar-refractivity contribution >= 4 is 27.7 Å². The fourth-order valence-corrected chi connectivity index (χ4v) is 5.50. The lowest BCUT2D eigenvalue weighted by Crippen LogP contribution is -2.38. The van der Waals surface area contributed by atoms with Crippen LogP contribution in [-0.4, -0.2) is 51.7 Å². The topological polar surface area (TPSA) is 75.7 Å². The van der Waals surface area contributed by atoms with E-state index in [2.05, 4.69) is 23.8 Å². The number of hydrogen-bond donors (Lipinski definition) is 1. The van der Waals surface area contributed by atoms with E-state index in [1.807, 2.05) is 18.2 Å². The van der Waals surface area contributed by atoms with Gasteiger partial charge in [0, 0.05) is 31.1 Å². The highest BCUT2D eigenvalue weighted by Crippen LogP contribution is 2.26. The molecule has 0 atom stereocenters. The Morgan fingerprint density at radius 3 is 2.55 bits per heavy atom. The van der Waals surface area contributed by atoms with Gasteiger partial charge in [-0.1, -0.05) is 37.3 Å². The van der Waals surface area contributed by atoms with Gasteiger partial charge in [0.15, 0.2) is 0 Å². The van der Waals surface area contributed by atoms with Crippen LogP contribution in [0.2, 0.25) is 0 Å². The molecule has 1 saturated heterocycles. The Labute approximate surface area is 189 Å². The van der Waals surface area contributed by atoms with Gasteiger partial charge in [-0.25, -0.2) is 13.1 Å². The first-order chi connectivity index (χ1) is 14.9. The van der Waals surface area contributed by atoms with Crippen LogP contribution in [0, 0.1) is 5.92 Å². The van der Waals surface area contributed by atoms with E-state index in [1.54, 1.807) is 22.7 Å². The van der Waals surface area contributed by atoms with E-state index in [9.17, 15) is 13.2 Å². The largest absolute Gasteiger partial charge is 0.496 e. The fraction of sp³-hybridized carbons (Fsp3) is 0.435. The van der Waals surface area contributed by atoms with Crippen molar-refractivity contribution in [2.24, 2.45) is 5.92 Å². The monoisotopic (exact) mass is 462 g/mol. The summed E-state index contributed by atoms with van der Waals surface area (Å²) in [6, 6.07) is 14.5. The molecule has 0 spiro atoms. The number of likely N-dealkylation sites (tertiary alicyclic amines) is 1. The average Bonchev–Trinajstić information content (AvgIpc) is 2.79. The van der Waals surface area contributed by atoms with E-state index >= 15 is 0 Å². The van der Waals surface area contributed by atoms with Gasteiger partial charge in [0.05, 0.1) is 17.6 Å². The summed E-state index contributed by atoms with van der Waals surface area (Å²) in [5.74, 6) is 2.29. The highest BCUT2D eigenvalue weighted by atomic mass is 32.2. The van der Waals surface area contributed by atoms with Crippen molar-refractivity contribution < 1.29 is 17.9 Å². The Bertz CT molecular complexity index is 972. The predicted octanol–water partition coefficient (Wildman–Crippen LogP) is 3.78. The van der Waals surface area contributed by atoms with Gasteiger partial charge in [0.2, 0.25) is 10.0 Å². The summed E-state index contributed by atoms with van der Waals surface area (Å²) in [6.45, 7) is 3.85. The summed E-state index contributed by atoms with van der Waals surface area (Å²) < 4.78 is 33.5. The number of methoxy groups -OCH3 is 1. The first-order valence-electron chi connectivity index (χ1n) is 10.5. The summed E-state index contributed by atoms with van der Waals surface area (Å²) in [5, 5.41) is 0. The molecule has 3 rings (SSSR count). The van der Waals surface area contributed by atoms with Crippen LogP contribution in [0.1, 0.15) is 35.7 Å². The molecule has 0 unspecified atom stereocenters. The molecule has 1 N–H and O–H groups in total. The third-order valence-corrected chi connectivity index (χ3v) is 7.92. The molecule has 168 valence electrons. The van der Waals surface area contributed by atoms with Gasteiger partial charge < -0.3 is 9.64 Å². The predicted molar refractivity (Wildman–Crippen MR) is 125 cm³/mol. The molecule has 1 fully saturated rings. The zero-order chi connectivity index (χ0) is 22.3. The highest BCUT2D eigenvalue weighted by Gasteiger charge is 2.26. The Morgan fingerprint density at radius 1 is 1.16 bits per heavy atom. The number of amides is 1. The molecule has 0 aromatic heterocycles. The molecule has 0 bridgehead atoms. The molecule has 31 heavy (non-hydrogen) atoms. The second kappa shape index (κ2) is 11.0. The lowest BCUT2D eigenvalue weighted by Gasteiger charge is -2.30. The van der Waals surface area contributed by atoms with E-state index in [0.29, 0.717) is 42.6 Å². The minimum Gasteiger partial charge on any atom is -0.496 e. The molecular weight excluding hydrogens is 432 g/mol. The zero-order valence-electron chi connectivity index (χ0n) is 18.0. The molecule has 8 heteroatoms. The van der Waals surface area contributed by atoms with Crippen LogP contribution in [0.25, 0.3) is 0 Å². The number of sulfonamides is 1. The molecule has 2 aromatic carbocycles. The third kappa shape index (κ3) is 6.48. The Hall–Kier alpha value is -2.03. The van der Waals surface area contributed by atoms with Crippen molar-refractivity contribution in [2.45, 2.75) is 30.4 Å². The molecule has 6 nitrogen and oxygen atoms in total. The molecule has 0 aliphatic carbocycles. The number of benzene rings is 2. The van der Waals surface area contributed by atoms with Crippen LogP contribution in [0.4, 0.5) is 0 Å². The van der Waals surface area contributed by atoms with Crippen LogP contribution >= 0.6 is 11.8 Å². The lowest BCUT2D eigenvalue weighted by molar-refractivity contribution is 0.0693. The van der Waals surface area contributed by atoms with Crippen molar-refractivity contribution in [1.29, 1.82) is 0 Å². The maximum atomic E-state index is 13.0. The summed E-state index contributed by atoms with van der Waals surface area (Å²) in [5.41, 5.74) is 1.50. The number of carbonyl (C=O) groups is 1. The molecule has 0 saturated carbocycles. The first-order valence-corrected chi connectivity index (χ1v) is 13.1. The van der Waals surface area contributed by atoms with Crippen molar-refractivity contribution in [3.05, 3.63) is 59.7 Å². The normalized spacial score (nSPS) is 15.1. The number of thioether (sulfide) groups is 1. The second-order valence-corrected chi connectivity index (χ2v) is 10.6. The zero-order valence-corrected chi connectivity index (χ0v) is 19.7. The maximum absolute atomic E-state index is 13.0. The minimum absolute atomic E-state index is 0.0788. The smallest absolute Gasteiger partial charge is 0.257 e. The van der Waals surface area contributed by atoms with Crippen molar-refractivity contribution in [2.75, 3.05) is 32.5 Å². The molecule has 1 aliphatic heterocycles. The Balaban J connectivity index is 1.62. The summed E-state index contributed by atoms with van der Waals surface area (Å²) in [6.07, 6.45) is 1.91. The van der Waals surface area contributed by atoms with E-state index in [1.165, 1.54) is 24.8 Å². The third-order valence-electron chi connectivity index (χ3n) is 5.43. The van der Waals surface area contributed by atoms with Crippen LogP contribution in [0.3, 0.4) is 0 Å². The van der Waals surface area contributed by atoms with Crippen molar-refractivity contribution in [3.63, 3.8) is 0 Å². The first kappa shape index (κ1) is 23.6. The molecule has 1 aliphatic rings. The average molecular weight is 463 g/mol. The van der Waals surface area contributed by atoms with Crippen molar-refractivity contribution in [3.8, 4) is 5.75 Å². The SMILES string of the molecule is COc1ccc(S(=O)(=O)NCCSCc2ccccc2)cc1C(=O)N1CCC(C)CC1. The molecule has 0 radical (unpaired) electrons. The second-order valence-electron chi connectivity index (χ2n) is 7.77. The molecule has 2 aromatic rings. The van der Waals surface area contributed by atoms with Gasteiger partial charge in [-0.15, -0.1) is 0 Å². The number of hydrogen-bond acceptors (Lipinski definition) is 5. The van der Waals surface area contributed by atoms with E-state index in [0.717, 1.165) is 18.6 Å². The minimum atomic E-state index is -3.72. The summed E-state index contributed by atoms with van der Waals surface area (Å²) in [7, 11) is -2.23. The fourth-order valence-electron chi connectivity index (χ4n) is 3.50. The summed E-state index contributed by atoms with van der Waals surface area (Å²) >= 11 is 1.67. The Morgan fingerprint density at radius 2 is 1.87 bits per heavy atom. The maximum Gasteiger partial charge on any atom is 0.257 e. The van der Waals surface area contributed by atoms with Gasteiger partial charge >= 0.3 is 0 Å². The number of carbonyl (C=O) groups excluding carboxylic acids is 1. The molecular formula is C23H30N2O4S2. The summed E-state index contributed by atoms with van der Waals surface area (Å²) in [4.78, 5) is 14.9. The van der Waals surface area contributed by atoms with E-state index in [-0.39, 0.29) is 10.8 Å². The van der Waals surface area contributed by atoms with Crippen molar-refractivity contribution in [1.82, 2.24) is 9.62 Å². The van der Waals surface area contributed by atoms with E-state index in [4.69, 9.17) is 4.74 Å². The van der Waals surface area contributed by atoms with Crippen LogP contribution < -0.4 is 9.46 Å². The van der Waals surface area contributed by atoms with Gasteiger partial charge in [-0.05, 0) is 42.5 Å². The highest BCUT2D eigenvalue weighted by molar-refractivity contribution is 7.98. The van der Waals surface area contributed by atoms with Crippen LogP contribution in [0.5, 0.6) is 5.75 Å². The number of piperidine rings is 1. The molecule has 1 amide bonds. The van der Waals surface area contributed by atoms with Gasteiger partial charge in [-0.2, -0.15) is 11.8 Å².